The van der Waals surface area contributed by atoms with Crippen molar-refractivity contribution in [2.75, 3.05) is 26.2 Å². The van der Waals surface area contributed by atoms with Gasteiger partial charge in [0.2, 0.25) is 5.91 Å². The van der Waals surface area contributed by atoms with Gasteiger partial charge in [0.25, 0.3) is 0 Å². The highest BCUT2D eigenvalue weighted by atomic mass is 16.3. The van der Waals surface area contributed by atoms with Crippen LogP contribution in [0.2, 0.25) is 0 Å². The first-order chi connectivity index (χ1) is 11.7. The van der Waals surface area contributed by atoms with E-state index >= 15 is 0 Å². The van der Waals surface area contributed by atoms with E-state index < -0.39 is 0 Å². The Morgan fingerprint density at radius 2 is 2.08 bits per heavy atom. The van der Waals surface area contributed by atoms with Crippen molar-refractivity contribution in [3.8, 4) is 0 Å². The van der Waals surface area contributed by atoms with Gasteiger partial charge in [-0.2, -0.15) is 0 Å². The first-order valence-corrected chi connectivity index (χ1v) is 9.44. The SMILES string of the molecule is O=C(C1CC(O)C1)N1CCN2CCc3c(ncn3CC3CC3)C2C1. The number of nitrogens with zero attached hydrogens (tertiary/aromatic N) is 4. The predicted molar refractivity (Wildman–Crippen MR) is 88.3 cm³/mol. The van der Waals surface area contributed by atoms with E-state index in [1.54, 1.807) is 0 Å². The Morgan fingerprint density at radius 1 is 1.25 bits per heavy atom. The van der Waals surface area contributed by atoms with E-state index in [2.05, 4.69) is 9.47 Å². The van der Waals surface area contributed by atoms with Crippen LogP contribution in [-0.2, 0) is 17.8 Å². The first kappa shape index (κ1) is 14.9. The van der Waals surface area contributed by atoms with E-state index in [4.69, 9.17) is 4.98 Å². The number of rotatable bonds is 3. The van der Waals surface area contributed by atoms with E-state index in [9.17, 15) is 9.90 Å². The number of amides is 1. The number of hydrogen-bond donors (Lipinski definition) is 1. The number of fused-ring (bicyclic) bond motifs is 3. The topological polar surface area (TPSA) is 61.6 Å². The van der Waals surface area contributed by atoms with Gasteiger partial charge in [-0.1, -0.05) is 0 Å². The number of carbonyl (C=O) groups is 1. The van der Waals surface area contributed by atoms with E-state index in [0.29, 0.717) is 12.8 Å². The van der Waals surface area contributed by atoms with Crippen molar-refractivity contribution < 1.29 is 9.90 Å². The van der Waals surface area contributed by atoms with E-state index in [0.717, 1.165) is 45.1 Å². The van der Waals surface area contributed by atoms with Crippen LogP contribution < -0.4 is 0 Å². The maximum Gasteiger partial charge on any atom is 0.225 e. The lowest BCUT2D eigenvalue weighted by Crippen LogP contribution is -2.55. The molecule has 2 aliphatic heterocycles. The lowest BCUT2D eigenvalue weighted by molar-refractivity contribution is -0.145. The highest BCUT2D eigenvalue weighted by Gasteiger charge is 2.41. The van der Waals surface area contributed by atoms with Crippen molar-refractivity contribution in [3.05, 3.63) is 17.7 Å². The van der Waals surface area contributed by atoms with Crippen molar-refractivity contribution >= 4 is 5.91 Å². The molecule has 3 fully saturated rings. The highest BCUT2D eigenvalue weighted by molar-refractivity contribution is 5.80. The summed E-state index contributed by atoms with van der Waals surface area (Å²) < 4.78 is 2.37. The second-order valence-electron chi connectivity index (χ2n) is 8.08. The summed E-state index contributed by atoms with van der Waals surface area (Å²) in [6, 6.07) is 0.261. The van der Waals surface area contributed by atoms with Crippen LogP contribution in [0.5, 0.6) is 0 Å². The molecule has 1 unspecified atom stereocenters. The minimum Gasteiger partial charge on any atom is -0.393 e. The van der Waals surface area contributed by atoms with Crippen LogP contribution >= 0.6 is 0 Å². The fourth-order valence-electron chi connectivity index (χ4n) is 4.55. The fraction of sp³-hybridized carbons (Fsp3) is 0.778. The zero-order valence-corrected chi connectivity index (χ0v) is 14.1. The molecule has 0 spiro atoms. The van der Waals surface area contributed by atoms with Crippen molar-refractivity contribution in [1.29, 1.82) is 0 Å². The molecule has 1 aromatic heterocycles. The first-order valence-electron chi connectivity index (χ1n) is 9.44. The van der Waals surface area contributed by atoms with Crippen molar-refractivity contribution in [2.24, 2.45) is 11.8 Å². The molecule has 1 N–H and O–H groups in total. The molecule has 0 radical (unpaired) electrons. The standard InChI is InChI=1S/C18H26N4O2/c23-14-7-13(8-14)18(24)21-6-5-20-4-3-15-17(16(20)10-21)19-11-22(15)9-12-1-2-12/h11-14,16,23H,1-10H2. The highest BCUT2D eigenvalue weighted by Crippen LogP contribution is 2.36. The zero-order valence-electron chi connectivity index (χ0n) is 14.1. The predicted octanol–water partition coefficient (Wildman–Crippen LogP) is 0.805. The van der Waals surface area contributed by atoms with Crippen LogP contribution in [0.25, 0.3) is 0 Å². The molecule has 0 bridgehead atoms. The summed E-state index contributed by atoms with van der Waals surface area (Å²) in [5.41, 5.74) is 2.60. The van der Waals surface area contributed by atoms with Crippen LogP contribution in [-0.4, -0.2) is 62.6 Å². The van der Waals surface area contributed by atoms with E-state index in [1.165, 1.54) is 24.2 Å². The molecule has 1 amide bonds. The Hall–Kier alpha value is -1.40. The Morgan fingerprint density at radius 3 is 2.83 bits per heavy atom. The molecule has 4 aliphatic rings. The van der Waals surface area contributed by atoms with Crippen LogP contribution in [0.1, 0.15) is 43.1 Å². The van der Waals surface area contributed by atoms with Crippen molar-refractivity contribution in [1.82, 2.24) is 19.4 Å². The molecule has 6 nitrogen and oxygen atoms in total. The third-order valence-corrected chi connectivity index (χ3v) is 6.35. The average Bonchev–Trinajstić information content (AvgIpc) is 3.29. The monoisotopic (exact) mass is 330 g/mol. The van der Waals surface area contributed by atoms with Gasteiger partial charge in [-0.05, 0) is 31.6 Å². The molecular weight excluding hydrogens is 304 g/mol. The summed E-state index contributed by atoms with van der Waals surface area (Å²) in [4.78, 5) is 21.9. The van der Waals surface area contributed by atoms with Gasteiger partial charge in [-0.3, -0.25) is 9.69 Å². The van der Waals surface area contributed by atoms with Crippen LogP contribution in [0.15, 0.2) is 6.33 Å². The summed E-state index contributed by atoms with van der Waals surface area (Å²) >= 11 is 0. The van der Waals surface area contributed by atoms with Crippen molar-refractivity contribution in [2.45, 2.75) is 50.8 Å². The Kier molecular flexibility index (Phi) is 3.45. The second-order valence-corrected chi connectivity index (χ2v) is 8.08. The Bertz CT molecular complexity index is 647. The van der Waals surface area contributed by atoms with E-state index in [-0.39, 0.29) is 24.0 Å². The average molecular weight is 330 g/mol. The molecule has 2 aliphatic carbocycles. The Balaban J connectivity index is 1.33. The molecule has 1 saturated heterocycles. The van der Waals surface area contributed by atoms with Gasteiger partial charge in [0.1, 0.15) is 0 Å². The summed E-state index contributed by atoms with van der Waals surface area (Å²) in [5, 5.41) is 9.47. The largest absolute Gasteiger partial charge is 0.393 e. The Labute approximate surface area is 142 Å². The molecule has 3 heterocycles. The van der Waals surface area contributed by atoms with E-state index in [1.807, 2.05) is 11.2 Å². The van der Waals surface area contributed by atoms with Crippen LogP contribution in [0.3, 0.4) is 0 Å². The maximum absolute atomic E-state index is 12.6. The summed E-state index contributed by atoms with van der Waals surface area (Å²) in [7, 11) is 0. The maximum atomic E-state index is 12.6. The number of aliphatic hydroxyl groups excluding tert-OH is 1. The molecule has 1 aromatic rings. The van der Waals surface area contributed by atoms with Gasteiger partial charge >= 0.3 is 0 Å². The lowest BCUT2D eigenvalue weighted by atomic mass is 9.81. The zero-order chi connectivity index (χ0) is 16.3. The summed E-state index contributed by atoms with van der Waals surface area (Å²) in [6.45, 7) is 4.73. The molecule has 0 aromatic carbocycles. The molecular formula is C18H26N4O2. The molecule has 1 atom stereocenters. The smallest absolute Gasteiger partial charge is 0.225 e. The van der Waals surface area contributed by atoms with Gasteiger partial charge in [0.05, 0.1) is 24.2 Å². The third-order valence-electron chi connectivity index (χ3n) is 6.35. The molecule has 24 heavy (non-hydrogen) atoms. The van der Waals surface area contributed by atoms with Crippen LogP contribution in [0, 0.1) is 11.8 Å². The fourth-order valence-corrected chi connectivity index (χ4v) is 4.55. The van der Waals surface area contributed by atoms with Gasteiger partial charge in [0, 0.05) is 50.8 Å². The molecule has 2 saturated carbocycles. The number of aliphatic hydroxyl groups is 1. The number of hydrogen-bond acceptors (Lipinski definition) is 4. The number of aromatic nitrogens is 2. The van der Waals surface area contributed by atoms with Gasteiger partial charge < -0.3 is 14.6 Å². The van der Waals surface area contributed by atoms with Gasteiger partial charge in [0.15, 0.2) is 0 Å². The lowest BCUT2D eigenvalue weighted by Gasteiger charge is -2.45. The quantitative estimate of drug-likeness (QED) is 0.891. The van der Waals surface area contributed by atoms with Crippen LogP contribution in [0.4, 0.5) is 0 Å². The van der Waals surface area contributed by atoms with Gasteiger partial charge in [-0.15, -0.1) is 0 Å². The third kappa shape index (κ3) is 2.47. The van der Waals surface area contributed by atoms with Gasteiger partial charge in [-0.25, -0.2) is 4.98 Å². The van der Waals surface area contributed by atoms with Crippen molar-refractivity contribution in [3.63, 3.8) is 0 Å². The molecule has 130 valence electrons. The molecule has 5 rings (SSSR count). The minimum atomic E-state index is -0.264. The summed E-state index contributed by atoms with van der Waals surface area (Å²) in [5.74, 6) is 1.14. The number of carbonyl (C=O) groups excluding carboxylic acids is 1. The number of piperazine rings is 1. The second kappa shape index (κ2) is 5.56. The molecule has 6 heteroatoms. The normalized spacial score (nSPS) is 32.9. The number of imidazole rings is 1. The minimum absolute atomic E-state index is 0.0436. The summed E-state index contributed by atoms with van der Waals surface area (Å²) in [6.07, 6.45) is 6.85.